The summed E-state index contributed by atoms with van der Waals surface area (Å²) in [6.07, 6.45) is 3.56. The van der Waals surface area contributed by atoms with Crippen molar-refractivity contribution in [3.63, 3.8) is 0 Å². The lowest BCUT2D eigenvalue weighted by Crippen LogP contribution is -1.98. The monoisotopic (exact) mass is 284 g/mol. The van der Waals surface area contributed by atoms with Gasteiger partial charge in [-0.05, 0) is 29.8 Å². The van der Waals surface area contributed by atoms with E-state index in [2.05, 4.69) is 0 Å². The molecular weight excluding hydrogens is 268 g/mol. The van der Waals surface area contributed by atoms with Crippen LogP contribution in [0.25, 0.3) is 12.2 Å². The number of carboxylic acid groups (broad SMARTS) is 1. The van der Waals surface area contributed by atoms with E-state index in [1.54, 1.807) is 50.6 Å². The van der Waals surface area contributed by atoms with Crippen LogP contribution in [-0.4, -0.2) is 25.3 Å². The second-order valence-corrected chi connectivity index (χ2v) is 4.33. The van der Waals surface area contributed by atoms with Crippen molar-refractivity contribution in [3.8, 4) is 11.5 Å². The molecule has 0 saturated heterocycles. The van der Waals surface area contributed by atoms with Gasteiger partial charge in [0, 0.05) is 5.56 Å². The second kappa shape index (κ2) is 6.61. The van der Waals surface area contributed by atoms with E-state index in [1.165, 1.54) is 0 Å². The Labute approximate surface area is 123 Å². The molecule has 4 nitrogen and oxygen atoms in total. The summed E-state index contributed by atoms with van der Waals surface area (Å²) in [7, 11) is 3.18. The smallest absolute Gasteiger partial charge is 0.336 e. The van der Waals surface area contributed by atoms with E-state index >= 15 is 0 Å². The Kier molecular flexibility index (Phi) is 4.61. The van der Waals surface area contributed by atoms with Crippen molar-refractivity contribution in [2.45, 2.75) is 0 Å². The summed E-state index contributed by atoms with van der Waals surface area (Å²) in [5, 5.41) is 9.17. The third kappa shape index (κ3) is 3.42. The minimum atomic E-state index is -0.951. The lowest BCUT2D eigenvalue weighted by atomic mass is 10.1. The first-order valence-electron chi connectivity index (χ1n) is 6.38. The number of methoxy groups -OCH3 is 2. The molecule has 0 fully saturated rings. The molecule has 0 aliphatic heterocycles. The molecule has 0 atom stereocenters. The van der Waals surface area contributed by atoms with Gasteiger partial charge in [0.15, 0.2) is 0 Å². The van der Waals surface area contributed by atoms with Crippen LogP contribution >= 0.6 is 0 Å². The summed E-state index contributed by atoms with van der Waals surface area (Å²) in [6, 6.07) is 12.3. The normalized spacial score (nSPS) is 10.6. The fourth-order valence-electron chi connectivity index (χ4n) is 1.99. The fraction of sp³-hybridized carbons (Fsp3) is 0.118. The molecule has 2 rings (SSSR count). The molecule has 4 heteroatoms. The van der Waals surface area contributed by atoms with Gasteiger partial charge in [-0.3, -0.25) is 0 Å². The molecule has 0 bridgehead atoms. The van der Waals surface area contributed by atoms with Gasteiger partial charge in [0.1, 0.15) is 11.5 Å². The lowest BCUT2D eigenvalue weighted by molar-refractivity contribution is 0.0696. The molecule has 0 radical (unpaired) electrons. The van der Waals surface area contributed by atoms with Crippen LogP contribution in [0, 0.1) is 0 Å². The number of hydrogen-bond donors (Lipinski definition) is 1. The highest BCUT2D eigenvalue weighted by atomic mass is 16.5. The van der Waals surface area contributed by atoms with Crippen molar-refractivity contribution >= 4 is 18.1 Å². The third-order valence-electron chi connectivity index (χ3n) is 3.07. The molecule has 21 heavy (non-hydrogen) atoms. The van der Waals surface area contributed by atoms with Crippen LogP contribution in [-0.2, 0) is 0 Å². The van der Waals surface area contributed by atoms with E-state index in [-0.39, 0.29) is 5.56 Å². The molecule has 0 heterocycles. The minimum absolute atomic E-state index is 0.260. The van der Waals surface area contributed by atoms with Crippen LogP contribution in [0.2, 0.25) is 0 Å². The SMILES string of the molecule is COc1ccc(OC)c(C=Cc2ccccc2C(=O)O)c1. The average molecular weight is 284 g/mol. The molecule has 0 aromatic heterocycles. The maximum atomic E-state index is 11.2. The number of rotatable bonds is 5. The largest absolute Gasteiger partial charge is 0.497 e. The fourth-order valence-corrected chi connectivity index (χ4v) is 1.99. The molecule has 0 spiro atoms. The molecule has 0 saturated carbocycles. The van der Waals surface area contributed by atoms with Crippen LogP contribution in [0.15, 0.2) is 42.5 Å². The van der Waals surface area contributed by atoms with Gasteiger partial charge in [0.25, 0.3) is 0 Å². The number of hydrogen-bond acceptors (Lipinski definition) is 3. The number of aromatic carboxylic acids is 1. The van der Waals surface area contributed by atoms with Gasteiger partial charge in [-0.15, -0.1) is 0 Å². The summed E-state index contributed by atoms with van der Waals surface area (Å²) in [6.45, 7) is 0. The Bertz CT molecular complexity index is 674. The van der Waals surface area contributed by atoms with E-state index in [0.29, 0.717) is 17.1 Å². The van der Waals surface area contributed by atoms with E-state index in [0.717, 1.165) is 5.56 Å². The molecular formula is C17H16O4. The van der Waals surface area contributed by atoms with Gasteiger partial charge in [0.05, 0.1) is 19.8 Å². The van der Waals surface area contributed by atoms with Crippen molar-refractivity contribution in [3.05, 3.63) is 59.2 Å². The molecule has 108 valence electrons. The Morgan fingerprint density at radius 3 is 2.38 bits per heavy atom. The van der Waals surface area contributed by atoms with Gasteiger partial charge in [0.2, 0.25) is 0 Å². The predicted molar refractivity (Wildman–Crippen MR) is 81.9 cm³/mol. The summed E-state index contributed by atoms with van der Waals surface area (Å²) in [5.74, 6) is 0.453. The maximum absolute atomic E-state index is 11.2. The van der Waals surface area contributed by atoms with Gasteiger partial charge in [-0.2, -0.15) is 0 Å². The molecule has 2 aromatic carbocycles. The minimum Gasteiger partial charge on any atom is -0.497 e. The zero-order chi connectivity index (χ0) is 15.2. The van der Waals surface area contributed by atoms with Crippen LogP contribution < -0.4 is 9.47 Å². The number of ether oxygens (including phenoxy) is 2. The van der Waals surface area contributed by atoms with Crippen molar-refractivity contribution in [2.24, 2.45) is 0 Å². The maximum Gasteiger partial charge on any atom is 0.336 e. The summed E-state index contributed by atoms with van der Waals surface area (Å²) >= 11 is 0. The molecule has 2 aromatic rings. The van der Waals surface area contributed by atoms with Crippen molar-refractivity contribution in [2.75, 3.05) is 14.2 Å². The van der Waals surface area contributed by atoms with E-state index in [1.807, 2.05) is 18.2 Å². The number of benzene rings is 2. The van der Waals surface area contributed by atoms with Crippen molar-refractivity contribution in [1.82, 2.24) is 0 Å². The Hall–Kier alpha value is -2.75. The third-order valence-corrected chi connectivity index (χ3v) is 3.07. The molecule has 0 aliphatic rings. The highest BCUT2D eigenvalue weighted by molar-refractivity contribution is 5.93. The molecule has 0 unspecified atom stereocenters. The van der Waals surface area contributed by atoms with Crippen molar-refractivity contribution < 1.29 is 19.4 Å². The Morgan fingerprint density at radius 1 is 1.00 bits per heavy atom. The lowest BCUT2D eigenvalue weighted by Gasteiger charge is -2.07. The summed E-state index contributed by atoms with van der Waals surface area (Å²) in [4.78, 5) is 11.2. The first-order valence-corrected chi connectivity index (χ1v) is 6.38. The number of carbonyl (C=O) groups is 1. The predicted octanol–water partition coefficient (Wildman–Crippen LogP) is 3.57. The van der Waals surface area contributed by atoms with Gasteiger partial charge >= 0.3 is 5.97 Å². The van der Waals surface area contributed by atoms with E-state index in [4.69, 9.17) is 14.6 Å². The summed E-state index contributed by atoms with van der Waals surface area (Å²) < 4.78 is 10.5. The van der Waals surface area contributed by atoms with Crippen LogP contribution in [0.5, 0.6) is 11.5 Å². The zero-order valence-corrected chi connectivity index (χ0v) is 11.9. The average Bonchev–Trinajstić information content (AvgIpc) is 2.52. The van der Waals surface area contributed by atoms with Gasteiger partial charge in [-0.1, -0.05) is 30.4 Å². The van der Waals surface area contributed by atoms with Gasteiger partial charge < -0.3 is 14.6 Å². The van der Waals surface area contributed by atoms with E-state index in [9.17, 15) is 4.79 Å². The highest BCUT2D eigenvalue weighted by Crippen LogP contribution is 2.26. The molecule has 0 aliphatic carbocycles. The first-order chi connectivity index (χ1) is 10.2. The second-order valence-electron chi connectivity index (χ2n) is 4.33. The van der Waals surface area contributed by atoms with Crippen LogP contribution in [0.3, 0.4) is 0 Å². The first kappa shape index (κ1) is 14.7. The van der Waals surface area contributed by atoms with E-state index < -0.39 is 5.97 Å². The Balaban J connectivity index is 2.39. The quantitative estimate of drug-likeness (QED) is 0.853. The zero-order valence-electron chi connectivity index (χ0n) is 11.9. The van der Waals surface area contributed by atoms with Crippen LogP contribution in [0.1, 0.15) is 21.5 Å². The van der Waals surface area contributed by atoms with Crippen LogP contribution in [0.4, 0.5) is 0 Å². The topological polar surface area (TPSA) is 55.8 Å². The number of carboxylic acids is 1. The van der Waals surface area contributed by atoms with Crippen molar-refractivity contribution in [1.29, 1.82) is 0 Å². The standard InChI is InChI=1S/C17H16O4/c1-20-14-9-10-16(21-2)13(11-14)8-7-12-5-3-4-6-15(12)17(18)19/h3-11H,1-2H3,(H,18,19). The molecule has 1 N–H and O–H groups in total. The molecule has 0 amide bonds. The van der Waals surface area contributed by atoms with Gasteiger partial charge in [-0.25, -0.2) is 4.79 Å². The summed E-state index contributed by atoms with van der Waals surface area (Å²) in [5.41, 5.74) is 1.71. The Morgan fingerprint density at radius 2 is 1.71 bits per heavy atom. The highest BCUT2D eigenvalue weighted by Gasteiger charge is 2.07.